The number of carbonyl (C=O) groups is 2. The monoisotopic (exact) mass is 397 g/mol. The number of likely N-dealkylation sites (tertiary alicyclic amines) is 1. The summed E-state index contributed by atoms with van der Waals surface area (Å²) in [6.07, 6.45) is 5.41. The fourth-order valence-electron chi connectivity index (χ4n) is 3.13. The van der Waals surface area contributed by atoms with E-state index in [9.17, 15) is 9.59 Å². The normalized spacial score (nSPS) is 16.4. The second-order valence-electron chi connectivity index (χ2n) is 6.72. The highest BCUT2D eigenvalue weighted by molar-refractivity contribution is 5.94. The number of unbranched alkanes of at least 4 members (excludes halogenated alkanes) is 1. The largest absolute Gasteiger partial charge is 0.494 e. The minimum atomic E-state index is -0.0564. The summed E-state index contributed by atoms with van der Waals surface area (Å²) in [4.78, 5) is 26.5. The molecule has 1 aliphatic heterocycles. The van der Waals surface area contributed by atoms with Crippen LogP contribution in [0, 0.1) is 0 Å². The number of ether oxygens (including phenoxy) is 1. The van der Waals surface area contributed by atoms with E-state index in [4.69, 9.17) is 10.5 Å². The molecule has 1 aromatic rings. The molecule has 0 bridgehead atoms. The molecule has 2 amide bonds. The molecule has 0 radical (unpaired) electrons. The zero-order chi connectivity index (χ0) is 18.8. The molecule has 1 saturated heterocycles. The average Bonchev–Trinajstić information content (AvgIpc) is 2.67. The quantitative estimate of drug-likeness (QED) is 0.627. The van der Waals surface area contributed by atoms with E-state index in [1.165, 1.54) is 0 Å². The Morgan fingerprint density at radius 2 is 2.00 bits per heavy atom. The number of nitrogens with one attached hydrogen (secondary N) is 1. The van der Waals surface area contributed by atoms with Gasteiger partial charge in [0.25, 0.3) is 5.91 Å². The lowest BCUT2D eigenvalue weighted by Crippen LogP contribution is -2.49. The van der Waals surface area contributed by atoms with E-state index in [0.29, 0.717) is 31.7 Å². The van der Waals surface area contributed by atoms with Crippen molar-refractivity contribution < 1.29 is 14.3 Å². The second kappa shape index (κ2) is 12.6. The molecule has 1 atom stereocenters. The van der Waals surface area contributed by atoms with Crippen molar-refractivity contribution in [3.05, 3.63) is 29.8 Å². The highest BCUT2D eigenvalue weighted by Gasteiger charge is 2.27. The van der Waals surface area contributed by atoms with Crippen LogP contribution in [-0.2, 0) is 4.79 Å². The van der Waals surface area contributed by atoms with Gasteiger partial charge in [0, 0.05) is 37.7 Å². The number of hydrogen-bond donors (Lipinski definition) is 2. The number of nitrogens with zero attached hydrogens (tertiary/aromatic N) is 1. The fraction of sp³-hybridized carbons (Fsp3) is 0.600. The first-order valence-electron chi connectivity index (χ1n) is 9.66. The van der Waals surface area contributed by atoms with Gasteiger partial charge in [-0.05, 0) is 49.9 Å². The van der Waals surface area contributed by atoms with Crippen LogP contribution in [0.15, 0.2) is 24.3 Å². The molecule has 0 aliphatic carbocycles. The Balaban J connectivity index is 0.00000364. The van der Waals surface area contributed by atoms with Crippen LogP contribution < -0.4 is 15.8 Å². The van der Waals surface area contributed by atoms with Crippen LogP contribution in [0.1, 0.15) is 55.8 Å². The summed E-state index contributed by atoms with van der Waals surface area (Å²) in [7, 11) is 0. The SMILES string of the molecule is CCCCOc1ccc(C(=O)N2CCCCC2CNC(=O)CCN)cc1.Cl. The van der Waals surface area contributed by atoms with Crippen LogP contribution in [-0.4, -0.2) is 49.0 Å². The number of benzene rings is 1. The Morgan fingerprint density at radius 3 is 2.67 bits per heavy atom. The third-order valence-electron chi connectivity index (χ3n) is 4.66. The molecule has 6 nitrogen and oxygen atoms in total. The van der Waals surface area contributed by atoms with Gasteiger partial charge in [0.05, 0.1) is 6.61 Å². The molecule has 0 aromatic heterocycles. The van der Waals surface area contributed by atoms with Gasteiger partial charge in [0.2, 0.25) is 5.91 Å². The molecule has 7 heteroatoms. The second-order valence-corrected chi connectivity index (χ2v) is 6.72. The molecular formula is C20H32ClN3O3. The van der Waals surface area contributed by atoms with E-state index in [0.717, 1.165) is 44.4 Å². The van der Waals surface area contributed by atoms with Crippen LogP contribution in [0.4, 0.5) is 0 Å². The van der Waals surface area contributed by atoms with Gasteiger partial charge >= 0.3 is 0 Å². The summed E-state index contributed by atoms with van der Waals surface area (Å²) in [5.41, 5.74) is 6.06. The summed E-state index contributed by atoms with van der Waals surface area (Å²) in [5.74, 6) is 0.751. The van der Waals surface area contributed by atoms with Gasteiger partial charge in [0.15, 0.2) is 0 Å². The highest BCUT2D eigenvalue weighted by atomic mass is 35.5. The first-order chi connectivity index (χ1) is 12.7. The van der Waals surface area contributed by atoms with Crippen molar-refractivity contribution in [2.24, 2.45) is 5.73 Å². The first kappa shape index (κ1) is 23.2. The van der Waals surface area contributed by atoms with Gasteiger partial charge in [-0.15, -0.1) is 12.4 Å². The van der Waals surface area contributed by atoms with Crippen LogP contribution in [0.3, 0.4) is 0 Å². The summed E-state index contributed by atoms with van der Waals surface area (Å²) in [5, 5.41) is 2.89. The number of rotatable bonds is 9. The van der Waals surface area contributed by atoms with Crippen molar-refractivity contribution in [1.82, 2.24) is 10.2 Å². The molecule has 1 unspecified atom stereocenters. The van der Waals surface area contributed by atoms with Crippen molar-refractivity contribution in [1.29, 1.82) is 0 Å². The maximum absolute atomic E-state index is 12.9. The molecule has 1 heterocycles. The zero-order valence-corrected chi connectivity index (χ0v) is 16.9. The lowest BCUT2D eigenvalue weighted by atomic mass is 10.0. The van der Waals surface area contributed by atoms with Crippen LogP contribution >= 0.6 is 12.4 Å². The molecule has 1 aliphatic rings. The van der Waals surface area contributed by atoms with Crippen molar-refractivity contribution in [3.63, 3.8) is 0 Å². The van der Waals surface area contributed by atoms with Crippen LogP contribution in [0.2, 0.25) is 0 Å². The van der Waals surface area contributed by atoms with E-state index < -0.39 is 0 Å². The molecule has 0 spiro atoms. The molecule has 2 rings (SSSR count). The summed E-state index contributed by atoms with van der Waals surface area (Å²) in [6, 6.07) is 7.39. The number of halogens is 1. The summed E-state index contributed by atoms with van der Waals surface area (Å²) >= 11 is 0. The van der Waals surface area contributed by atoms with Crippen molar-refractivity contribution in [2.75, 3.05) is 26.2 Å². The lowest BCUT2D eigenvalue weighted by molar-refractivity contribution is -0.121. The van der Waals surface area contributed by atoms with Gasteiger partial charge in [-0.1, -0.05) is 13.3 Å². The first-order valence-corrected chi connectivity index (χ1v) is 9.66. The topological polar surface area (TPSA) is 84.7 Å². The van der Waals surface area contributed by atoms with Crippen molar-refractivity contribution >= 4 is 24.2 Å². The third kappa shape index (κ3) is 7.39. The van der Waals surface area contributed by atoms with E-state index in [2.05, 4.69) is 12.2 Å². The Hall–Kier alpha value is -1.79. The maximum Gasteiger partial charge on any atom is 0.254 e. The van der Waals surface area contributed by atoms with Gasteiger partial charge in [-0.3, -0.25) is 9.59 Å². The fourth-order valence-corrected chi connectivity index (χ4v) is 3.13. The number of amides is 2. The highest BCUT2D eigenvalue weighted by Crippen LogP contribution is 2.21. The molecule has 0 saturated carbocycles. The van der Waals surface area contributed by atoms with Gasteiger partial charge in [-0.2, -0.15) is 0 Å². The number of nitrogens with two attached hydrogens (primary N) is 1. The average molecular weight is 398 g/mol. The van der Waals surface area contributed by atoms with E-state index in [1.807, 2.05) is 29.2 Å². The minimum absolute atomic E-state index is 0. The van der Waals surface area contributed by atoms with Gasteiger partial charge in [0.1, 0.15) is 5.75 Å². The Labute approximate surface area is 168 Å². The van der Waals surface area contributed by atoms with E-state index >= 15 is 0 Å². The van der Waals surface area contributed by atoms with Crippen molar-refractivity contribution in [2.45, 2.75) is 51.5 Å². The molecule has 152 valence electrons. The van der Waals surface area contributed by atoms with E-state index in [-0.39, 0.29) is 30.3 Å². The molecular weight excluding hydrogens is 366 g/mol. The predicted molar refractivity (Wildman–Crippen MR) is 109 cm³/mol. The molecule has 1 fully saturated rings. The third-order valence-corrected chi connectivity index (χ3v) is 4.66. The predicted octanol–water partition coefficient (Wildman–Crippen LogP) is 2.75. The van der Waals surface area contributed by atoms with Crippen LogP contribution in [0.25, 0.3) is 0 Å². The number of carbonyl (C=O) groups excluding carboxylic acids is 2. The standard InChI is InChI=1S/C20H31N3O3.ClH/c1-2-3-14-26-18-9-7-16(8-10-18)20(25)23-13-5-4-6-17(23)15-22-19(24)11-12-21;/h7-10,17H,2-6,11-15,21H2,1H3,(H,22,24);1H. The molecule has 1 aromatic carbocycles. The number of hydrogen-bond acceptors (Lipinski definition) is 4. The van der Waals surface area contributed by atoms with Gasteiger partial charge < -0.3 is 20.7 Å². The summed E-state index contributed by atoms with van der Waals surface area (Å²) < 4.78 is 5.65. The van der Waals surface area contributed by atoms with E-state index in [1.54, 1.807) is 0 Å². The van der Waals surface area contributed by atoms with Crippen molar-refractivity contribution in [3.8, 4) is 5.75 Å². The lowest BCUT2D eigenvalue weighted by Gasteiger charge is -2.36. The maximum atomic E-state index is 12.9. The Morgan fingerprint density at radius 1 is 1.26 bits per heavy atom. The smallest absolute Gasteiger partial charge is 0.254 e. The summed E-state index contributed by atoms with van der Waals surface area (Å²) in [6.45, 7) is 4.37. The molecule has 3 N–H and O–H groups in total. The molecule has 27 heavy (non-hydrogen) atoms. The van der Waals surface area contributed by atoms with Gasteiger partial charge in [-0.25, -0.2) is 0 Å². The zero-order valence-electron chi connectivity index (χ0n) is 16.1. The Bertz CT molecular complexity index is 580. The van der Waals surface area contributed by atoms with Crippen LogP contribution in [0.5, 0.6) is 5.75 Å². The minimum Gasteiger partial charge on any atom is -0.494 e. The Kier molecular flexibility index (Phi) is 10.8. The number of piperidine rings is 1.